The molecule has 5 rings (SSSR count). The van der Waals surface area contributed by atoms with Crippen LogP contribution in [0.4, 0.5) is 24.7 Å². The molecule has 3 aromatic carbocycles. The van der Waals surface area contributed by atoms with Gasteiger partial charge in [-0.05, 0) is 80.6 Å². The van der Waals surface area contributed by atoms with E-state index in [0.29, 0.717) is 5.69 Å². The van der Waals surface area contributed by atoms with Gasteiger partial charge >= 0.3 is 6.18 Å². The molecule has 0 spiro atoms. The van der Waals surface area contributed by atoms with Crippen molar-refractivity contribution in [2.45, 2.75) is 50.9 Å². The molecular formula is C30H29ClF3N3O. The maximum Gasteiger partial charge on any atom is 0.416 e. The second-order valence-corrected chi connectivity index (χ2v) is 9.58. The first-order valence-electron chi connectivity index (χ1n) is 12.5. The molecule has 0 atom stereocenters. The number of benzene rings is 3. The summed E-state index contributed by atoms with van der Waals surface area (Å²) in [4.78, 5) is 20.0. The molecule has 1 fully saturated rings. The topological polar surface area (TPSA) is 45.2 Å². The Balaban J connectivity index is 0.00000336. The van der Waals surface area contributed by atoms with Crippen LogP contribution in [0.5, 0.6) is 0 Å². The van der Waals surface area contributed by atoms with Gasteiger partial charge in [0.1, 0.15) is 5.82 Å². The predicted molar refractivity (Wildman–Crippen MR) is 148 cm³/mol. The first kappa shape index (κ1) is 27.5. The lowest BCUT2D eigenvalue weighted by molar-refractivity contribution is -0.137. The number of aryl methyl sites for hydroxylation is 1. The number of carbonyl (C=O) groups is 1. The van der Waals surface area contributed by atoms with E-state index in [-0.39, 0.29) is 30.1 Å². The monoisotopic (exact) mass is 539 g/mol. The quantitative estimate of drug-likeness (QED) is 0.279. The van der Waals surface area contributed by atoms with Crippen molar-refractivity contribution < 1.29 is 18.0 Å². The number of nitrogens with zero attached hydrogens (tertiary/aromatic N) is 2. The van der Waals surface area contributed by atoms with Crippen LogP contribution in [0.1, 0.15) is 47.2 Å². The minimum Gasteiger partial charge on any atom is -0.367 e. The highest BCUT2D eigenvalue weighted by Gasteiger charge is 2.34. The Morgan fingerprint density at radius 3 is 2.29 bits per heavy atom. The van der Waals surface area contributed by atoms with Crippen LogP contribution in [0.2, 0.25) is 0 Å². The summed E-state index contributed by atoms with van der Waals surface area (Å²) in [5.41, 5.74) is 2.00. The maximum absolute atomic E-state index is 13.6. The molecular weight excluding hydrogens is 511 g/mol. The molecule has 1 amide bonds. The van der Waals surface area contributed by atoms with Crippen LogP contribution in [-0.4, -0.2) is 23.0 Å². The fourth-order valence-corrected chi connectivity index (χ4v) is 5.16. The van der Waals surface area contributed by atoms with Gasteiger partial charge in [-0.1, -0.05) is 42.5 Å². The van der Waals surface area contributed by atoms with Crippen molar-refractivity contribution in [3.8, 4) is 0 Å². The van der Waals surface area contributed by atoms with Gasteiger partial charge in [0.05, 0.1) is 11.1 Å². The van der Waals surface area contributed by atoms with Gasteiger partial charge in [-0.25, -0.2) is 4.98 Å². The van der Waals surface area contributed by atoms with Crippen LogP contribution in [0, 0.1) is 6.92 Å². The first-order chi connectivity index (χ1) is 17.8. The molecule has 38 heavy (non-hydrogen) atoms. The Bertz CT molecular complexity index is 1400. The summed E-state index contributed by atoms with van der Waals surface area (Å²) in [6.45, 7) is 2.07. The Hall–Kier alpha value is -3.58. The number of para-hydroxylation sites is 2. The molecule has 0 saturated heterocycles. The summed E-state index contributed by atoms with van der Waals surface area (Å²) >= 11 is 0. The summed E-state index contributed by atoms with van der Waals surface area (Å²) in [6.07, 6.45) is -1.42. The summed E-state index contributed by atoms with van der Waals surface area (Å²) in [5, 5.41) is 4.69. The largest absolute Gasteiger partial charge is 0.416 e. The minimum absolute atomic E-state index is 0. The van der Waals surface area contributed by atoms with Gasteiger partial charge in [-0.15, -0.1) is 12.4 Å². The van der Waals surface area contributed by atoms with Crippen molar-refractivity contribution in [2.75, 3.05) is 10.2 Å². The summed E-state index contributed by atoms with van der Waals surface area (Å²) < 4.78 is 39.9. The number of amides is 1. The number of hydrogen-bond donors (Lipinski definition) is 1. The van der Waals surface area contributed by atoms with E-state index in [2.05, 4.69) is 24.4 Å². The molecule has 1 aliphatic rings. The van der Waals surface area contributed by atoms with Crippen LogP contribution in [0.15, 0.2) is 84.9 Å². The lowest BCUT2D eigenvalue weighted by Crippen LogP contribution is -2.44. The Morgan fingerprint density at radius 1 is 0.895 bits per heavy atom. The number of hydrogen-bond acceptors (Lipinski definition) is 3. The van der Waals surface area contributed by atoms with Crippen molar-refractivity contribution in [1.82, 2.24) is 4.98 Å². The van der Waals surface area contributed by atoms with E-state index in [1.54, 1.807) is 4.90 Å². The number of alkyl halides is 3. The average Bonchev–Trinajstić information content (AvgIpc) is 2.90. The Morgan fingerprint density at radius 2 is 1.58 bits per heavy atom. The number of pyridine rings is 1. The lowest BCUT2D eigenvalue weighted by atomic mass is 9.89. The van der Waals surface area contributed by atoms with Gasteiger partial charge in [-0.3, -0.25) is 4.79 Å². The number of aromatic nitrogens is 1. The van der Waals surface area contributed by atoms with Crippen LogP contribution < -0.4 is 10.2 Å². The molecule has 4 aromatic rings. The molecule has 0 bridgehead atoms. The fourth-order valence-electron chi connectivity index (χ4n) is 5.16. The third-order valence-electron chi connectivity index (χ3n) is 7.03. The van der Waals surface area contributed by atoms with Gasteiger partial charge in [0.2, 0.25) is 0 Å². The van der Waals surface area contributed by atoms with Crippen molar-refractivity contribution in [3.63, 3.8) is 0 Å². The van der Waals surface area contributed by atoms with Crippen molar-refractivity contribution in [1.29, 1.82) is 0 Å². The second-order valence-electron chi connectivity index (χ2n) is 9.58. The number of fused-ring (bicyclic) bond motifs is 1. The molecule has 1 saturated carbocycles. The van der Waals surface area contributed by atoms with Gasteiger partial charge in [0, 0.05) is 28.7 Å². The molecule has 198 valence electrons. The fraction of sp³-hybridized carbons (Fsp3) is 0.267. The molecule has 0 unspecified atom stereocenters. The van der Waals surface area contributed by atoms with Crippen molar-refractivity contribution in [2.24, 2.45) is 0 Å². The van der Waals surface area contributed by atoms with E-state index < -0.39 is 17.6 Å². The molecule has 8 heteroatoms. The van der Waals surface area contributed by atoms with Crippen molar-refractivity contribution >= 4 is 40.7 Å². The van der Waals surface area contributed by atoms with Crippen LogP contribution >= 0.6 is 12.4 Å². The molecule has 1 N–H and O–H groups in total. The number of carbonyl (C=O) groups excluding carboxylic acids is 1. The number of nitrogens with one attached hydrogen (secondary N) is 1. The first-order valence-corrected chi connectivity index (χ1v) is 12.5. The van der Waals surface area contributed by atoms with E-state index in [1.165, 1.54) is 12.1 Å². The van der Waals surface area contributed by atoms with Crippen LogP contribution in [0.25, 0.3) is 10.9 Å². The van der Waals surface area contributed by atoms with Gasteiger partial charge in [-0.2, -0.15) is 13.2 Å². The molecule has 4 nitrogen and oxygen atoms in total. The highest BCUT2D eigenvalue weighted by molar-refractivity contribution is 6.06. The van der Waals surface area contributed by atoms with E-state index in [1.807, 2.05) is 48.5 Å². The Labute approximate surface area is 226 Å². The third-order valence-corrected chi connectivity index (χ3v) is 7.03. The van der Waals surface area contributed by atoms with E-state index in [0.717, 1.165) is 60.1 Å². The smallest absolute Gasteiger partial charge is 0.367 e. The molecule has 0 radical (unpaired) electrons. The lowest BCUT2D eigenvalue weighted by Gasteiger charge is -2.37. The third kappa shape index (κ3) is 5.94. The van der Waals surface area contributed by atoms with Gasteiger partial charge in [0.15, 0.2) is 0 Å². The van der Waals surface area contributed by atoms with Gasteiger partial charge in [0.25, 0.3) is 5.91 Å². The van der Waals surface area contributed by atoms with Crippen LogP contribution in [0.3, 0.4) is 0 Å². The maximum atomic E-state index is 13.6. The zero-order valence-electron chi connectivity index (χ0n) is 20.9. The predicted octanol–water partition coefficient (Wildman–Crippen LogP) is 8.05. The zero-order valence-corrected chi connectivity index (χ0v) is 21.7. The molecule has 1 aliphatic carbocycles. The van der Waals surface area contributed by atoms with Gasteiger partial charge < -0.3 is 10.2 Å². The summed E-state index contributed by atoms with van der Waals surface area (Å²) in [5.74, 6) is 0.417. The second kappa shape index (κ2) is 11.4. The van der Waals surface area contributed by atoms with Crippen molar-refractivity contribution in [3.05, 3.63) is 102 Å². The standard InChI is InChI=1S/C30H28F3N3O.ClH/c1-20-18-28(35-27-13-6-5-12-26(20)27)34-23-14-16-25(17-15-23)36(24-10-3-2-4-11-24)29(37)21-8-7-9-22(19-21)30(31,32)33;/h2-13,18-19,23,25H,14-17H2,1H3,(H,34,35);1H. The summed E-state index contributed by atoms with van der Waals surface area (Å²) in [7, 11) is 0. The number of rotatable bonds is 5. The molecule has 1 aromatic heterocycles. The molecule has 0 aliphatic heterocycles. The number of halogens is 4. The highest BCUT2D eigenvalue weighted by Crippen LogP contribution is 2.33. The van der Waals surface area contributed by atoms with E-state index >= 15 is 0 Å². The Kier molecular flexibility index (Phi) is 8.26. The van der Waals surface area contributed by atoms with E-state index in [4.69, 9.17) is 4.98 Å². The zero-order chi connectivity index (χ0) is 26.0. The minimum atomic E-state index is -4.51. The summed E-state index contributed by atoms with van der Waals surface area (Å²) in [6, 6.07) is 24.1. The number of anilines is 2. The average molecular weight is 540 g/mol. The van der Waals surface area contributed by atoms with Crippen LogP contribution in [-0.2, 0) is 6.18 Å². The molecule has 1 heterocycles. The highest BCUT2D eigenvalue weighted by atomic mass is 35.5. The van der Waals surface area contributed by atoms with E-state index in [9.17, 15) is 18.0 Å². The SMILES string of the molecule is Cc1cc(NC2CCC(N(C(=O)c3cccc(C(F)(F)F)c3)c3ccccc3)CC2)nc2ccccc12.Cl. The normalized spacial score (nSPS) is 17.5.